The standard InChI is InChI=1S/C19H18ClN5O3S/c1-12-3-5-14(6-4-12)21-18(26)19-23-22-17(29-19)11-24(2)10-13-9-15(25(27)28)7-8-16(13)20/h3-9H,10-11H2,1-2H3,(H,21,26). The van der Waals surface area contributed by atoms with E-state index in [2.05, 4.69) is 15.5 Å². The molecule has 0 aliphatic carbocycles. The molecule has 0 radical (unpaired) electrons. The Morgan fingerprint density at radius 2 is 1.93 bits per heavy atom. The number of nitro benzene ring substituents is 1. The molecule has 0 fully saturated rings. The Morgan fingerprint density at radius 1 is 1.21 bits per heavy atom. The molecule has 10 heteroatoms. The van der Waals surface area contributed by atoms with Crippen molar-refractivity contribution >= 4 is 40.2 Å². The van der Waals surface area contributed by atoms with Crippen LogP contribution in [0.5, 0.6) is 0 Å². The summed E-state index contributed by atoms with van der Waals surface area (Å²) >= 11 is 7.35. The first-order valence-electron chi connectivity index (χ1n) is 8.63. The first-order valence-corrected chi connectivity index (χ1v) is 9.83. The third kappa shape index (κ3) is 5.57. The van der Waals surface area contributed by atoms with Gasteiger partial charge < -0.3 is 5.32 Å². The maximum atomic E-state index is 12.3. The van der Waals surface area contributed by atoms with Gasteiger partial charge in [-0.3, -0.25) is 19.8 Å². The third-order valence-corrected chi connectivity index (χ3v) is 5.33. The molecule has 0 atom stereocenters. The zero-order chi connectivity index (χ0) is 21.0. The summed E-state index contributed by atoms with van der Waals surface area (Å²) in [5.41, 5.74) is 2.43. The highest BCUT2D eigenvalue weighted by molar-refractivity contribution is 7.13. The van der Waals surface area contributed by atoms with Crippen molar-refractivity contribution in [2.45, 2.75) is 20.0 Å². The second kappa shape index (κ2) is 9.08. The van der Waals surface area contributed by atoms with E-state index < -0.39 is 4.92 Å². The van der Waals surface area contributed by atoms with Gasteiger partial charge in [-0.1, -0.05) is 40.6 Å². The molecule has 0 unspecified atom stereocenters. The van der Waals surface area contributed by atoms with Gasteiger partial charge in [0.05, 0.1) is 11.5 Å². The summed E-state index contributed by atoms with van der Waals surface area (Å²) < 4.78 is 0. The fraction of sp³-hybridized carbons (Fsp3) is 0.211. The van der Waals surface area contributed by atoms with Crippen LogP contribution in [0.3, 0.4) is 0 Å². The maximum Gasteiger partial charge on any atom is 0.286 e. The molecular formula is C19H18ClN5O3S. The van der Waals surface area contributed by atoms with Gasteiger partial charge in [-0.2, -0.15) is 0 Å². The number of non-ortho nitro benzene ring substituents is 1. The Kier molecular flexibility index (Phi) is 6.53. The third-order valence-electron chi connectivity index (χ3n) is 4.06. The number of hydrogen-bond acceptors (Lipinski definition) is 7. The number of carbonyl (C=O) groups is 1. The second-order valence-electron chi connectivity index (χ2n) is 6.53. The van der Waals surface area contributed by atoms with Crippen LogP contribution in [0.15, 0.2) is 42.5 Å². The van der Waals surface area contributed by atoms with Crippen molar-refractivity contribution in [1.82, 2.24) is 15.1 Å². The van der Waals surface area contributed by atoms with Gasteiger partial charge in [0.2, 0.25) is 5.01 Å². The first-order chi connectivity index (χ1) is 13.8. The van der Waals surface area contributed by atoms with Crippen molar-refractivity contribution < 1.29 is 9.72 Å². The van der Waals surface area contributed by atoms with Crippen molar-refractivity contribution in [1.29, 1.82) is 0 Å². The number of nitro groups is 1. The minimum absolute atomic E-state index is 0.0104. The van der Waals surface area contributed by atoms with Gasteiger partial charge in [0.15, 0.2) is 0 Å². The number of aromatic nitrogens is 2. The Labute approximate surface area is 176 Å². The molecule has 0 aliphatic heterocycles. The molecule has 1 aromatic heterocycles. The number of hydrogen-bond donors (Lipinski definition) is 1. The molecular weight excluding hydrogens is 414 g/mol. The highest BCUT2D eigenvalue weighted by Gasteiger charge is 2.16. The lowest BCUT2D eigenvalue weighted by atomic mass is 10.2. The van der Waals surface area contributed by atoms with Crippen molar-refractivity contribution in [3.63, 3.8) is 0 Å². The molecule has 8 nitrogen and oxygen atoms in total. The van der Waals surface area contributed by atoms with E-state index >= 15 is 0 Å². The molecule has 1 N–H and O–H groups in total. The fourth-order valence-electron chi connectivity index (χ4n) is 2.60. The van der Waals surface area contributed by atoms with E-state index in [-0.39, 0.29) is 16.6 Å². The van der Waals surface area contributed by atoms with Gasteiger partial charge in [0.1, 0.15) is 5.01 Å². The molecule has 0 saturated carbocycles. The van der Waals surface area contributed by atoms with E-state index in [4.69, 9.17) is 11.6 Å². The van der Waals surface area contributed by atoms with Gasteiger partial charge >= 0.3 is 0 Å². The molecule has 3 rings (SSSR count). The molecule has 150 valence electrons. The average molecular weight is 432 g/mol. The zero-order valence-electron chi connectivity index (χ0n) is 15.8. The lowest BCUT2D eigenvalue weighted by Crippen LogP contribution is -2.17. The van der Waals surface area contributed by atoms with Crippen molar-refractivity contribution in [3.05, 3.63) is 78.7 Å². The SMILES string of the molecule is Cc1ccc(NC(=O)c2nnc(CN(C)Cc3cc([N+](=O)[O-])ccc3Cl)s2)cc1. The lowest BCUT2D eigenvalue weighted by Gasteiger charge is -2.15. The molecule has 3 aromatic rings. The molecule has 0 saturated heterocycles. The van der Waals surface area contributed by atoms with Crippen LogP contribution in [0.25, 0.3) is 0 Å². The smallest absolute Gasteiger partial charge is 0.286 e. The first kappa shape index (κ1) is 20.8. The van der Waals surface area contributed by atoms with E-state index in [9.17, 15) is 14.9 Å². The largest absolute Gasteiger partial charge is 0.320 e. The number of halogens is 1. The van der Waals surface area contributed by atoms with Crippen LogP contribution in [0.4, 0.5) is 11.4 Å². The van der Waals surface area contributed by atoms with Gasteiger partial charge in [0.25, 0.3) is 11.6 Å². The number of carbonyl (C=O) groups excluding carboxylic acids is 1. The monoisotopic (exact) mass is 431 g/mol. The Balaban J connectivity index is 1.62. The summed E-state index contributed by atoms with van der Waals surface area (Å²) in [6.45, 7) is 2.79. The minimum Gasteiger partial charge on any atom is -0.320 e. The number of amides is 1. The van der Waals surface area contributed by atoms with Gasteiger partial charge in [-0.15, -0.1) is 10.2 Å². The number of anilines is 1. The summed E-state index contributed by atoms with van der Waals surface area (Å²) in [6, 6.07) is 11.8. The van der Waals surface area contributed by atoms with Crippen LogP contribution >= 0.6 is 22.9 Å². The molecule has 0 aliphatic rings. The Bertz CT molecular complexity index is 1040. The van der Waals surface area contributed by atoms with Crippen LogP contribution in [0.1, 0.15) is 25.9 Å². The van der Waals surface area contributed by atoms with E-state index in [1.54, 1.807) is 0 Å². The molecule has 0 bridgehead atoms. The maximum absolute atomic E-state index is 12.3. The van der Waals surface area contributed by atoms with Crippen molar-refractivity contribution in [2.75, 3.05) is 12.4 Å². The summed E-state index contributed by atoms with van der Waals surface area (Å²) in [4.78, 5) is 24.7. The summed E-state index contributed by atoms with van der Waals surface area (Å²) in [5, 5.41) is 23.1. The van der Waals surface area contributed by atoms with E-state index in [0.717, 1.165) is 5.56 Å². The lowest BCUT2D eigenvalue weighted by molar-refractivity contribution is -0.384. The van der Waals surface area contributed by atoms with Gasteiger partial charge in [-0.25, -0.2) is 0 Å². The molecule has 1 amide bonds. The quantitative estimate of drug-likeness (QED) is 0.442. The van der Waals surface area contributed by atoms with Gasteiger partial charge in [-0.05, 0) is 37.7 Å². The average Bonchev–Trinajstić information content (AvgIpc) is 3.13. The highest BCUT2D eigenvalue weighted by Crippen LogP contribution is 2.24. The van der Waals surface area contributed by atoms with Crippen LogP contribution < -0.4 is 5.32 Å². The van der Waals surface area contributed by atoms with Crippen LogP contribution in [0.2, 0.25) is 5.02 Å². The number of benzene rings is 2. The van der Waals surface area contributed by atoms with E-state index in [1.807, 2.05) is 43.1 Å². The molecule has 1 heterocycles. The predicted octanol–water partition coefficient (Wildman–Crippen LogP) is 4.29. The number of nitrogens with one attached hydrogen (secondary N) is 1. The summed E-state index contributed by atoms with van der Waals surface area (Å²) in [5.74, 6) is -0.318. The molecule has 2 aromatic carbocycles. The second-order valence-corrected chi connectivity index (χ2v) is 8.00. The number of nitrogens with zero attached hydrogens (tertiary/aromatic N) is 4. The number of rotatable bonds is 7. The van der Waals surface area contributed by atoms with Crippen LogP contribution in [-0.4, -0.2) is 33.0 Å². The minimum atomic E-state index is -0.455. The van der Waals surface area contributed by atoms with Crippen LogP contribution in [0, 0.1) is 17.0 Å². The summed E-state index contributed by atoms with van der Waals surface area (Å²) in [6.07, 6.45) is 0. The number of aryl methyl sites for hydroxylation is 1. The van der Waals surface area contributed by atoms with Crippen LogP contribution in [-0.2, 0) is 13.1 Å². The molecule has 29 heavy (non-hydrogen) atoms. The molecule has 0 spiro atoms. The fourth-order valence-corrected chi connectivity index (χ4v) is 3.60. The van der Waals surface area contributed by atoms with Crippen molar-refractivity contribution in [2.24, 2.45) is 0 Å². The summed E-state index contributed by atoms with van der Waals surface area (Å²) in [7, 11) is 1.84. The predicted molar refractivity (Wildman–Crippen MR) is 112 cm³/mol. The van der Waals surface area contributed by atoms with E-state index in [1.165, 1.54) is 29.5 Å². The topological polar surface area (TPSA) is 101 Å². The normalized spacial score (nSPS) is 10.9. The highest BCUT2D eigenvalue weighted by atomic mass is 35.5. The Hall–Kier alpha value is -2.88. The van der Waals surface area contributed by atoms with Gasteiger partial charge in [0, 0.05) is 29.4 Å². The zero-order valence-corrected chi connectivity index (χ0v) is 17.3. The van der Waals surface area contributed by atoms with E-state index in [0.29, 0.717) is 34.4 Å². The Morgan fingerprint density at radius 3 is 2.62 bits per heavy atom. The van der Waals surface area contributed by atoms with Crippen molar-refractivity contribution in [3.8, 4) is 0 Å².